The Hall–Kier alpha value is -1.06. The molecular formula is C35H66O4. The first kappa shape index (κ1) is 36.0. The molecule has 0 spiro atoms. The summed E-state index contributed by atoms with van der Waals surface area (Å²) in [4.78, 5) is 26.4. The highest BCUT2D eigenvalue weighted by molar-refractivity contribution is 5.82. The zero-order chi connectivity index (χ0) is 28.6. The second-order valence-electron chi connectivity index (χ2n) is 12.6. The van der Waals surface area contributed by atoms with Crippen LogP contribution in [0.2, 0.25) is 0 Å². The van der Waals surface area contributed by atoms with Crippen LogP contribution < -0.4 is 0 Å². The first-order valence-electron chi connectivity index (χ1n) is 17.4. The molecule has 0 heterocycles. The van der Waals surface area contributed by atoms with Crippen molar-refractivity contribution in [1.29, 1.82) is 0 Å². The van der Waals surface area contributed by atoms with Crippen molar-refractivity contribution >= 4 is 11.9 Å². The third-order valence-corrected chi connectivity index (χ3v) is 8.96. The van der Waals surface area contributed by atoms with Gasteiger partial charge in [-0.1, -0.05) is 150 Å². The van der Waals surface area contributed by atoms with Crippen molar-refractivity contribution in [1.82, 2.24) is 0 Å². The van der Waals surface area contributed by atoms with Crippen LogP contribution in [-0.4, -0.2) is 25.2 Å². The molecule has 0 N–H and O–H groups in total. The normalized spacial score (nSPS) is 21.4. The van der Waals surface area contributed by atoms with Gasteiger partial charge < -0.3 is 9.47 Å². The summed E-state index contributed by atoms with van der Waals surface area (Å²) in [5.74, 6) is -0.771. The number of esters is 2. The molecule has 0 radical (unpaired) electrons. The van der Waals surface area contributed by atoms with Crippen molar-refractivity contribution in [2.45, 2.75) is 175 Å². The van der Waals surface area contributed by atoms with Gasteiger partial charge in [-0.25, -0.2) is 0 Å². The highest BCUT2D eigenvalue weighted by Crippen LogP contribution is 2.38. The van der Waals surface area contributed by atoms with E-state index in [2.05, 4.69) is 27.7 Å². The van der Waals surface area contributed by atoms with Gasteiger partial charge in [0.2, 0.25) is 0 Å². The summed E-state index contributed by atoms with van der Waals surface area (Å²) in [6.45, 7) is 9.71. The fraction of sp³-hybridized carbons (Fsp3) is 0.943. The highest BCUT2D eigenvalue weighted by Gasteiger charge is 2.44. The molecule has 1 fully saturated rings. The number of rotatable bonds is 24. The topological polar surface area (TPSA) is 52.6 Å². The summed E-state index contributed by atoms with van der Waals surface area (Å²) in [5, 5.41) is 0. The fourth-order valence-corrected chi connectivity index (χ4v) is 6.30. The quantitative estimate of drug-likeness (QED) is 0.0681. The van der Waals surface area contributed by atoms with Gasteiger partial charge in [-0.05, 0) is 37.5 Å². The molecule has 0 saturated heterocycles. The first-order chi connectivity index (χ1) is 19.0. The molecule has 1 saturated carbocycles. The predicted molar refractivity (Wildman–Crippen MR) is 165 cm³/mol. The van der Waals surface area contributed by atoms with Crippen molar-refractivity contribution in [2.75, 3.05) is 13.2 Å². The lowest BCUT2D eigenvalue weighted by Crippen LogP contribution is -2.39. The Labute approximate surface area is 243 Å². The fourth-order valence-electron chi connectivity index (χ4n) is 6.30. The largest absolute Gasteiger partial charge is 0.465 e. The van der Waals surface area contributed by atoms with E-state index in [1.807, 2.05) is 0 Å². The minimum atomic E-state index is -0.370. The SMILES string of the molecule is CCCCCCCCCCCCOC(=O)C1C(C)CCCC(C)C1C(=O)OCCCCCCCCCCCC. The van der Waals surface area contributed by atoms with Gasteiger partial charge in [0.15, 0.2) is 0 Å². The maximum Gasteiger partial charge on any atom is 0.310 e. The lowest BCUT2D eigenvalue weighted by Gasteiger charge is -2.29. The molecule has 1 aliphatic carbocycles. The molecule has 4 unspecified atom stereocenters. The van der Waals surface area contributed by atoms with E-state index in [1.54, 1.807) is 0 Å². The second kappa shape index (κ2) is 24.7. The molecule has 1 aliphatic rings. The van der Waals surface area contributed by atoms with Crippen molar-refractivity contribution < 1.29 is 19.1 Å². The number of hydrogen-bond acceptors (Lipinski definition) is 4. The minimum absolute atomic E-state index is 0.157. The maximum atomic E-state index is 13.2. The Kier molecular flexibility index (Phi) is 22.8. The number of hydrogen-bond donors (Lipinski definition) is 0. The molecule has 4 atom stereocenters. The third-order valence-electron chi connectivity index (χ3n) is 8.96. The van der Waals surface area contributed by atoms with E-state index in [-0.39, 0.29) is 35.6 Å². The average Bonchev–Trinajstić information content (AvgIpc) is 3.07. The molecule has 0 amide bonds. The van der Waals surface area contributed by atoms with Gasteiger partial charge in [0.1, 0.15) is 0 Å². The Balaban J connectivity index is 2.31. The van der Waals surface area contributed by atoms with Gasteiger partial charge in [-0.3, -0.25) is 9.59 Å². The smallest absolute Gasteiger partial charge is 0.310 e. The third kappa shape index (κ3) is 17.4. The van der Waals surface area contributed by atoms with Gasteiger partial charge in [-0.15, -0.1) is 0 Å². The number of ether oxygens (including phenoxy) is 2. The van der Waals surface area contributed by atoms with Gasteiger partial charge in [0.25, 0.3) is 0 Å². The Morgan fingerprint density at radius 1 is 0.487 bits per heavy atom. The lowest BCUT2D eigenvalue weighted by molar-refractivity contribution is -0.165. The summed E-state index contributed by atoms with van der Waals surface area (Å²) < 4.78 is 11.5. The van der Waals surface area contributed by atoms with Crippen molar-refractivity contribution in [3.63, 3.8) is 0 Å². The number of unbranched alkanes of at least 4 members (excludes halogenated alkanes) is 18. The van der Waals surface area contributed by atoms with Crippen molar-refractivity contribution in [3.8, 4) is 0 Å². The van der Waals surface area contributed by atoms with Crippen LogP contribution in [-0.2, 0) is 19.1 Å². The molecule has 4 heteroatoms. The summed E-state index contributed by atoms with van der Waals surface area (Å²) in [7, 11) is 0. The van der Waals surface area contributed by atoms with Gasteiger partial charge in [0.05, 0.1) is 25.0 Å². The van der Waals surface area contributed by atoms with E-state index < -0.39 is 0 Å². The second-order valence-corrected chi connectivity index (χ2v) is 12.6. The molecule has 0 bridgehead atoms. The standard InChI is InChI=1S/C35H66O4/c1-5-7-9-11-13-15-17-19-21-23-28-38-34(36)32-30(3)26-25-27-31(4)33(32)35(37)39-29-24-22-20-18-16-14-12-10-8-6-2/h30-33H,5-29H2,1-4H3. The first-order valence-corrected chi connectivity index (χ1v) is 17.4. The zero-order valence-corrected chi connectivity index (χ0v) is 26.6. The van der Waals surface area contributed by atoms with Crippen LogP contribution in [0.4, 0.5) is 0 Å². The van der Waals surface area contributed by atoms with E-state index in [0.717, 1.165) is 44.9 Å². The average molecular weight is 551 g/mol. The van der Waals surface area contributed by atoms with Crippen LogP contribution in [0.15, 0.2) is 0 Å². The highest BCUT2D eigenvalue weighted by atomic mass is 16.5. The molecule has 4 nitrogen and oxygen atoms in total. The van der Waals surface area contributed by atoms with Crippen LogP contribution in [0.3, 0.4) is 0 Å². The molecule has 1 rings (SSSR count). The minimum Gasteiger partial charge on any atom is -0.465 e. The number of carbonyl (C=O) groups is 2. The predicted octanol–water partition coefficient (Wildman–Crippen LogP) is 10.6. The summed E-state index contributed by atoms with van der Waals surface area (Å²) in [6, 6.07) is 0. The van der Waals surface area contributed by atoms with E-state index in [9.17, 15) is 9.59 Å². The van der Waals surface area contributed by atoms with Crippen LogP contribution in [0.5, 0.6) is 0 Å². The Morgan fingerprint density at radius 3 is 1.08 bits per heavy atom. The van der Waals surface area contributed by atoms with Gasteiger partial charge in [0, 0.05) is 0 Å². The molecule has 0 aromatic heterocycles. The molecule has 230 valence electrons. The maximum absolute atomic E-state index is 13.2. The summed E-state index contributed by atoms with van der Waals surface area (Å²) in [5.41, 5.74) is 0. The van der Waals surface area contributed by atoms with E-state index in [1.165, 1.54) is 103 Å². The van der Waals surface area contributed by atoms with E-state index in [0.29, 0.717) is 13.2 Å². The molecule has 0 aromatic rings. The van der Waals surface area contributed by atoms with Gasteiger partial charge in [-0.2, -0.15) is 0 Å². The Morgan fingerprint density at radius 2 is 0.769 bits per heavy atom. The van der Waals surface area contributed by atoms with Crippen LogP contribution in [0.1, 0.15) is 175 Å². The van der Waals surface area contributed by atoms with Crippen molar-refractivity contribution in [2.24, 2.45) is 23.7 Å². The molecular weight excluding hydrogens is 484 g/mol. The molecule has 0 aromatic carbocycles. The summed E-state index contributed by atoms with van der Waals surface area (Å²) >= 11 is 0. The molecule has 39 heavy (non-hydrogen) atoms. The number of carbonyl (C=O) groups excluding carboxylic acids is 2. The van der Waals surface area contributed by atoms with Gasteiger partial charge >= 0.3 is 11.9 Å². The van der Waals surface area contributed by atoms with Crippen molar-refractivity contribution in [3.05, 3.63) is 0 Å². The zero-order valence-electron chi connectivity index (χ0n) is 26.6. The van der Waals surface area contributed by atoms with Crippen LogP contribution in [0, 0.1) is 23.7 Å². The lowest BCUT2D eigenvalue weighted by atomic mass is 9.77. The van der Waals surface area contributed by atoms with E-state index in [4.69, 9.17) is 9.47 Å². The van der Waals surface area contributed by atoms with E-state index >= 15 is 0 Å². The monoisotopic (exact) mass is 550 g/mol. The molecule has 0 aliphatic heterocycles. The van der Waals surface area contributed by atoms with Crippen LogP contribution in [0.25, 0.3) is 0 Å². The Bertz CT molecular complexity index is 539. The summed E-state index contributed by atoms with van der Waals surface area (Å²) in [6.07, 6.45) is 28.3. The van der Waals surface area contributed by atoms with Crippen LogP contribution >= 0.6 is 0 Å².